The number of aromatic nitrogens is 1. The third-order valence-corrected chi connectivity index (χ3v) is 4.89. The maximum Gasteiger partial charge on any atom is 0.319 e. The zero-order valence-corrected chi connectivity index (χ0v) is 16.1. The Kier molecular flexibility index (Phi) is 6.27. The molecule has 1 saturated heterocycles. The van der Waals surface area contributed by atoms with Crippen molar-refractivity contribution in [1.82, 2.24) is 10.3 Å². The first-order chi connectivity index (χ1) is 11.7. The molecule has 2 rings (SSSR count). The van der Waals surface area contributed by atoms with Gasteiger partial charge in [0.15, 0.2) is 0 Å². The van der Waals surface area contributed by atoms with Gasteiger partial charge in [-0.1, -0.05) is 27.7 Å². The number of aliphatic hydroxyl groups excluding tert-OH is 1. The maximum atomic E-state index is 12.2. The first-order valence-corrected chi connectivity index (χ1v) is 9.16. The van der Waals surface area contributed by atoms with Crippen LogP contribution in [0.3, 0.4) is 0 Å². The van der Waals surface area contributed by atoms with Crippen LogP contribution in [-0.2, 0) is 0 Å². The van der Waals surface area contributed by atoms with E-state index >= 15 is 0 Å². The molecule has 0 saturated carbocycles. The topological polar surface area (TPSA) is 77.5 Å². The van der Waals surface area contributed by atoms with Crippen molar-refractivity contribution in [1.29, 1.82) is 0 Å². The summed E-state index contributed by atoms with van der Waals surface area (Å²) in [5.74, 6) is 1.12. The van der Waals surface area contributed by atoms with Gasteiger partial charge >= 0.3 is 6.03 Å². The quantitative estimate of drug-likeness (QED) is 0.738. The van der Waals surface area contributed by atoms with Gasteiger partial charge in [-0.3, -0.25) is 0 Å². The molecule has 25 heavy (non-hydrogen) atoms. The number of aliphatic hydroxyl groups is 1. The van der Waals surface area contributed by atoms with Crippen molar-refractivity contribution in [3.8, 4) is 0 Å². The van der Waals surface area contributed by atoms with Crippen LogP contribution in [0.5, 0.6) is 0 Å². The van der Waals surface area contributed by atoms with Gasteiger partial charge in [0.1, 0.15) is 5.82 Å². The largest absolute Gasteiger partial charge is 0.392 e. The second-order valence-electron chi connectivity index (χ2n) is 7.98. The number of carbonyl (C=O) groups is 1. The lowest BCUT2D eigenvalue weighted by Gasteiger charge is -2.33. The fourth-order valence-electron chi connectivity index (χ4n) is 3.28. The Morgan fingerprint density at radius 3 is 2.52 bits per heavy atom. The van der Waals surface area contributed by atoms with Crippen LogP contribution in [0.1, 0.15) is 46.2 Å². The fraction of sp³-hybridized carbons (Fsp3) is 0.684. The SMILES string of the molecule is Cc1nc(N2CCCC2)ccc1NC(=O)NCC(C)(C)C(O)C(C)C. The maximum absolute atomic E-state index is 12.2. The van der Waals surface area contributed by atoms with Crippen molar-refractivity contribution >= 4 is 17.5 Å². The highest BCUT2D eigenvalue weighted by atomic mass is 16.3. The van der Waals surface area contributed by atoms with E-state index in [1.54, 1.807) is 0 Å². The third kappa shape index (κ3) is 5.08. The number of carbonyl (C=O) groups excluding carboxylic acids is 1. The summed E-state index contributed by atoms with van der Waals surface area (Å²) in [6.07, 6.45) is 1.94. The number of pyridine rings is 1. The number of amides is 2. The van der Waals surface area contributed by atoms with E-state index in [9.17, 15) is 9.90 Å². The van der Waals surface area contributed by atoms with Crippen LogP contribution in [0.15, 0.2) is 12.1 Å². The van der Waals surface area contributed by atoms with Crippen LogP contribution >= 0.6 is 0 Å². The van der Waals surface area contributed by atoms with E-state index in [-0.39, 0.29) is 11.9 Å². The molecule has 0 radical (unpaired) electrons. The summed E-state index contributed by atoms with van der Waals surface area (Å²) in [5, 5.41) is 16.0. The number of nitrogens with zero attached hydrogens (tertiary/aromatic N) is 2. The van der Waals surface area contributed by atoms with E-state index in [4.69, 9.17) is 0 Å². The van der Waals surface area contributed by atoms with E-state index < -0.39 is 11.5 Å². The molecule has 3 N–H and O–H groups in total. The molecule has 6 nitrogen and oxygen atoms in total. The number of anilines is 2. The minimum Gasteiger partial charge on any atom is -0.392 e. The molecular formula is C19H32N4O2. The van der Waals surface area contributed by atoms with Crippen LogP contribution in [0.25, 0.3) is 0 Å². The smallest absolute Gasteiger partial charge is 0.319 e. The molecule has 6 heteroatoms. The van der Waals surface area contributed by atoms with Gasteiger partial charge in [0.25, 0.3) is 0 Å². The lowest BCUT2D eigenvalue weighted by atomic mass is 9.81. The van der Waals surface area contributed by atoms with Gasteiger partial charge in [-0.05, 0) is 37.8 Å². The second kappa shape index (κ2) is 8.04. The molecular weight excluding hydrogens is 316 g/mol. The lowest BCUT2D eigenvalue weighted by molar-refractivity contribution is 0.0154. The monoisotopic (exact) mass is 348 g/mol. The number of rotatable bonds is 6. The zero-order valence-electron chi connectivity index (χ0n) is 16.1. The van der Waals surface area contributed by atoms with Gasteiger partial charge < -0.3 is 20.6 Å². The number of hydrogen-bond donors (Lipinski definition) is 3. The Balaban J connectivity index is 1.92. The Hall–Kier alpha value is -1.82. The molecule has 1 unspecified atom stereocenters. The first kappa shape index (κ1) is 19.5. The van der Waals surface area contributed by atoms with Crippen molar-refractivity contribution in [3.63, 3.8) is 0 Å². The summed E-state index contributed by atoms with van der Waals surface area (Å²) in [7, 11) is 0. The van der Waals surface area contributed by atoms with Crippen molar-refractivity contribution in [2.75, 3.05) is 29.9 Å². The molecule has 140 valence electrons. The highest BCUT2D eigenvalue weighted by Crippen LogP contribution is 2.25. The first-order valence-electron chi connectivity index (χ1n) is 9.16. The van der Waals surface area contributed by atoms with E-state index in [0.717, 1.165) is 24.6 Å². The summed E-state index contributed by atoms with van der Waals surface area (Å²) < 4.78 is 0. The predicted octanol–water partition coefficient (Wildman–Crippen LogP) is 3.15. The van der Waals surface area contributed by atoms with E-state index in [2.05, 4.69) is 20.5 Å². The van der Waals surface area contributed by atoms with Gasteiger partial charge in [0.05, 0.1) is 17.5 Å². The molecule has 2 amide bonds. The summed E-state index contributed by atoms with van der Waals surface area (Å²) in [6.45, 7) is 12.3. The summed E-state index contributed by atoms with van der Waals surface area (Å²) in [5.41, 5.74) is 1.13. The minimum absolute atomic E-state index is 0.143. The van der Waals surface area contributed by atoms with E-state index in [0.29, 0.717) is 12.2 Å². The van der Waals surface area contributed by atoms with Crippen LogP contribution in [0, 0.1) is 18.3 Å². The summed E-state index contributed by atoms with van der Waals surface area (Å²) >= 11 is 0. The molecule has 1 fully saturated rings. The second-order valence-corrected chi connectivity index (χ2v) is 7.98. The number of nitrogens with one attached hydrogen (secondary N) is 2. The van der Waals surface area contributed by atoms with E-state index in [1.165, 1.54) is 12.8 Å². The molecule has 0 aromatic carbocycles. The van der Waals surface area contributed by atoms with Crippen molar-refractivity contribution in [2.45, 2.75) is 53.6 Å². The van der Waals surface area contributed by atoms with Gasteiger partial charge in [-0.2, -0.15) is 0 Å². The number of urea groups is 1. The zero-order chi connectivity index (χ0) is 18.6. The standard InChI is InChI=1S/C19H32N4O2/c1-13(2)17(24)19(4,5)12-20-18(25)22-15-8-9-16(21-14(15)3)23-10-6-7-11-23/h8-9,13,17,24H,6-7,10-12H2,1-5H3,(H2,20,22,25). The summed E-state index contributed by atoms with van der Waals surface area (Å²) in [6, 6.07) is 3.59. The number of aryl methyl sites for hydroxylation is 1. The molecule has 1 aromatic rings. The van der Waals surface area contributed by atoms with Gasteiger partial charge in [0.2, 0.25) is 0 Å². The molecule has 0 aliphatic carbocycles. The van der Waals surface area contributed by atoms with Crippen LogP contribution < -0.4 is 15.5 Å². The Bertz CT molecular complexity index is 595. The Labute approximate surface area is 151 Å². The minimum atomic E-state index is -0.476. The molecule has 0 spiro atoms. The number of hydrogen-bond acceptors (Lipinski definition) is 4. The fourth-order valence-corrected chi connectivity index (χ4v) is 3.28. The average Bonchev–Trinajstić information content (AvgIpc) is 3.08. The molecule has 1 aliphatic rings. The Morgan fingerprint density at radius 2 is 1.96 bits per heavy atom. The van der Waals surface area contributed by atoms with Gasteiger partial charge in [-0.25, -0.2) is 9.78 Å². The highest BCUT2D eigenvalue weighted by molar-refractivity contribution is 5.89. The lowest BCUT2D eigenvalue weighted by Crippen LogP contribution is -2.44. The molecule has 1 atom stereocenters. The highest BCUT2D eigenvalue weighted by Gasteiger charge is 2.30. The molecule has 1 aromatic heterocycles. The van der Waals surface area contributed by atoms with Crippen LogP contribution in [0.4, 0.5) is 16.3 Å². The van der Waals surface area contributed by atoms with Crippen LogP contribution in [0.2, 0.25) is 0 Å². The predicted molar refractivity (Wildman–Crippen MR) is 102 cm³/mol. The van der Waals surface area contributed by atoms with Crippen molar-refractivity contribution < 1.29 is 9.90 Å². The Morgan fingerprint density at radius 1 is 1.32 bits per heavy atom. The van der Waals surface area contributed by atoms with Gasteiger partial charge in [0, 0.05) is 25.0 Å². The van der Waals surface area contributed by atoms with Gasteiger partial charge in [-0.15, -0.1) is 0 Å². The summed E-state index contributed by atoms with van der Waals surface area (Å²) in [4.78, 5) is 19.1. The molecule has 1 aliphatic heterocycles. The van der Waals surface area contributed by atoms with Crippen molar-refractivity contribution in [2.24, 2.45) is 11.3 Å². The van der Waals surface area contributed by atoms with E-state index in [1.807, 2.05) is 46.8 Å². The normalized spacial score (nSPS) is 16.2. The average molecular weight is 348 g/mol. The molecule has 0 bridgehead atoms. The third-order valence-electron chi connectivity index (χ3n) is 4.89. The van der Waals surface area contributed by atoms with Crippen LogP contribution in [-0.4, -0.2) is 41.9 Å². The van der Waals surface area contributed by atoms with Crippen molar-refractivity contribution in [3.05, 3.63) is 17.8 Å². The molecule has 2 heterocycles.